The maximum absolute atomic E-state index is 12.1. The standard InChI is InChI=1S/C15H15N3O2.CH2O2/c1-9-8-10(14(16)17)6-7-12(9)18-15(20)11-4-2-3-5-13(11)19;2-1-3/h2-8,19H,1H3,(H3,16,17)(H,18,20);1H,(H,2,3). The second kappa shape index (κ2) is 8.18. The molecule has 0 heterocycles. The van der Waals surface area contributed by atoms with Crippen LogP contribution in [-0.2, 0) is 4.79 Å². The van der Waals surface area contributed by atoms with E-state index < -0.39 is 0 Å². The molecule has 23 heavy (non-hydrogen) atoms. The number of nitrogens with one attached hydrogen (secondary N) is 2. The van der Waals surface area contributed by atoms with Crippen molar-refractivity contribution in [2.24, 2.45) is 5.73 Å². The zero-order valence-electron chi connectivity index (χ0n) is 12.4. The lowest BCUT2D eigenvalue weighted by molar-refractivity contribution is -0.122. The molecular formula is C16H17N3O4. The van der Waals surface area contributed by atoms with Gasteiger partial charge in [0.25, 0.3) is 12.4 Å². The van der Waals surface area contributed by atoms with E-state index in [1.54, 1.807) is 36.4 Å². The van der Waals surface area contributed by atoms with Crippen LogP contribution in [0.25, 0.3) is 0 Å². The monoisotopic (exact) mass is 315 g/mol. The summed E-state index contributed by atoms with van der Waals surface area (Å²) >= 11 is 0. The fraction of sp³-hybridized carbons (Fsp3) is 0.0625. The number of aryl methyl sites for hydroxylation is 1. The third kappa shape index (κ3) is 4.85. The Bertz CT molecular complexity index is 729. The quantitative estimate of drug-likeness (QED) is 0.335. The number of nitrogens with two attached hydrogens (primary N) is 1. The van der Waals surface area contributed by atoms with Crippen LogP contribution in [0.1, 0.15) is 21.5 Å². The number of phenols is 1. The third-order valence-electron chi connectivity index (χ3n) is 2.93. The van der Waals surface area contributed by atoms with Crippen LogP contribution in [0.2, 0.25) is 0 Å². The fourth-order valence-electron chi connectivity index (χ4n) is 1.83. The van der Waals surface area contributed by atoms with E-state index in [2.05, 4.69) is 5.32 Å². The molecule has 0 saturated heterocycles. The zero-order chi connectivity index (χ0) is 17.4. The minimum Gasteiger partial charge on any atom is -0.507 e. The number of amides is 1. The van der Waals surface area contributed by atoms with Gasteiger partial charge in [0.15, 0.2) is 0 Å². The number of aromatic hydroxyl groups is 1. The molecule has 0 aliphatic heterocycles. The molecule has 0 fully saturated rings. The van der Waals surface area contributed by atoms with E-state index in [0.29, 0.717) is 11.3 Å². The summed E-state index contributed by atoms with van der Waals surface area (Å²) in [6, 6.07) is 11.4. The van der Waals surface area contributed by atoms with Crippen molar-refractivity contribution in [1.82, 2.24) is 0 Å². The van der Waals surface area contributed by atoms with E-state index in [4.69, 9.17) is 21.0 Å². The molecule has 2 aromatic carbocycles. The third-order valence-corrected chi connectivity index (χ3v) is 2.93. The Kier molecular flexibility index (Phi) is 6.30. The number of hydrogen-bond acceptors (Lipinski definition) is 4. The first kappa shape index (κ1) is 17.7. The van der Waals surface area contributed by atoms with Crippen LogP contribution in [0.15, 0.2) is 42.5 Å². The molecule has 2 aromatic rings. The summed E-state index contributed by atoms with van der Waals surface area (Å²) in [7, 11) is 0. The molecular weight excluding hydrogens is 298 g/mol. The second-order valence-corrected chi connectivity index (χ2v) is 4.52. The van der Waals surface area contributed by atoms with Crippen molar-refractivity contribution in [2.45, 2.75) is 6.92 Å². The van der Waals surface area contributed by atoms with E-state index >= 15 is 0 Å². The Morgan fingerprint density at radius 1 is 1.26 bits per heavy atom. The molecule has 6 N–H and O–H groups in total. The Balaban J connectivity index is 0.000000816. The van der Waals surface area contributed by atoms with E-state index in [1.165, 1.54) is 6.07 Å². The molecule has 0 aliphatic rings. The summed E-state index contributed by atoms with van der Waals surface area (Å²) in [6.07, 6.45) is 0. The summed E-state index contributed by atoms with van der Waals surface area (Å²) in [4.78, 5) is 20.4. The van der Waals surface area contributed by atoms with Crippen molar-refractivity contribution in [3.05, 3.63) is 59.2 Å². The summed E-state index contributed by atoms with van der Waals surface area (Å²) in [5.41, 5.74) is 7.63. The summed E-state index contributed by atoms with van der Waals surface area (Å²) in [5, 5.41) is 26.6. The predicted octanol–water partition coefficient (Wildman–Crippen LogP) is 1.94. The number of benzene rings is 2. The highest BCUT2D eigenvalue weighted by Gasteiger charge is 2.11. The van der Waals surface area contributed by atoms with Gasteiger partial charge in [0, 0.05) is 11.3 Å². The van der Waals surface area contributed by atoms with Crippen molar-refractivity contribution in [1.29, 1.82) is 5.41 Å². The topological polar surface area (TPSA) is 136 Å². The first-order valence-corrected chi connectivity index (χ1v) is 6.53. The minimum atomic E-state index is -0.387. The number of amidine groups is 1. The van der Waals surface area contributed by atoms with E-state index in [-0.39, 0.29) is 29.5 Å². The van der Waals surface area contributed by atoms with Crippen LogP contribution in [0.4, 0.5) is 5.69 Å². The van der Waals surface area contributed by atoms with Gasteiger partial charge in [-0.3, -0.25) is 15.0 Å². The average molecular weight is 315 g/mol. The van der Waals surface area contributed by atoms with Crippen molar-refractivity contribution in [2.75, 3.05) is 5.32 Å². The number of rotatable bonds is 3. The summed E-state index contributed by atoms with van der Waals surface area (Å²) < 4.78 is 0. The van der Waals surface area contributed by atoms with Crippen LogP contribution in [0.5, 0.6) is 5.75 Å². The van der Waals surface area contributed by atoms with Gasteiger partial charge in [-0.05, 0) is 42.8 Å². The molecule has 0 aliphatic carbocycles. The van der Waals surface area contributed by atoms with Crippen LogP contribution in [0, 0.1) is 12.3 Å². The molecule has 120 valence electrons. The molecule has 0 atom stereocenters. The number of nitrogen functional groups attached to an aromatic ring is 1. The molecule has 0 spiro atoms. The number of carbonyl (C=O) groups excluding carboxylic acids is 1. The number of carbonyl (C=O) groups is 2. The van der Waals surface area contributed by atoms with Gasteiger partial charge in [-0.25, -0.2) is 0 Å². The van der Waals surface area contributed by atoms with E-state index in [9.17, 15) is 9.90 Å². The largest absolute Gasteiger partial charge is 0.507 e. The molecule has 1 amide bonds. The maximum atomic E-state index is 12.1. The Hall–Kier alpha value is -3.35. The van der Waals surface area contributed by atoms with Gasteiger partial charge < -0.3 is 21.3 Å². The molecule has 0 aromatic heterocycles. The normalized spacial score (nSPS) is 9.26. The van der Waals surface area contributed by atoms with Crippen LogP contribution < -0.4 is 11.1 Å². The van der Waals surface area contributed by atoms with Gasteiger partial charge in [0.05, 0.1) is 5.56 Å². The first-order chi connectivity index (χ1) is 10.9. The number of anilines is 1. The lowest BCUT2D eigenvalue weighted by Gasteiger charge is -2.10. The molecule has 7 nitrogen and oxygen atoms in total. The Labute approximate surface area is 132 Å². The van der Waals surface area contributed by atoms with Crippen molar-refractivity contribution in [3.63, 3.8) is 0 Å². The number of carboxylic acid groups (broad SMARTS) is 1. The average Bonchev–Trinajstić information content (AvgIpc) is 2.50. The molecule has 0 unspecified atom stereocenters. The maximum Gasteiger partial charge on any atom is 0.290 e. The summed E-state index contributed by atoms with van der Waals surface area (Å²) in [6.45, 7) is 1.56. The zero-order valence-corrected chi connectivity index (χ0v) is 12.4. The van der Waals surface area contributed by atoms with Crippen molar-refractivity contribution in [3.8, 4) is 5.75 Å². The van der Waals surface area contributed by atoms with E-state index in [0.717, 1.165) is 5.56 Å². The highest BCUT2D eigenvalue weighted by atomic mass is 16.3. The number of phenolic OH excluding ortho intramolecular Hbond substituents is 1. The fourth-order valence-corrected chi connectivity index (χ4v) is 1.83. The second-order valence-electron chi connectivity index (χ2n) is 4.52. The van der Waals surface area contributed by atoms with Crippen LogP contribution in [-0.4, -0.2) is 28.4 Å². The smallest absolute Gasteiger partial charge is 0.290 e. The Morgan fingerprint density at radius 3 is 2.39 bits per heavy atom. The lowest BCUT2D eigenvalue weighted by atomic mass is 10.1. The first-order valence-electron chi connectivity index (χ1n) is 6.53. The van der Waals surface area contributed by atoms with Gasteiger partial charge >= 0.3 is 0 Å². The SMILES string of the molecule is Cc1cc(C(=N)N)ccc1NC(=O)c1ccccc1O.O=CO. The summed E-state index contributed by atoms with van der Waals surface area (Å²) in [5.74, 6) is -0.475. The highest BCUT2D eigenvalue weighted by molar-refractivity contribution is 6.06. The van der Waals surface area contributed by atoms with Gasteiger partial charge in [0.2, 0.25) is 0 Å². The van der Waals surface area contributed by atoms with Gasteiger partial charge in [-0.2, -0.15) is 0 Å². The molecule has 7 heteroatoms. The van der Waals surface area contributed by atoms with Gasteiger partial charge in [-0.15, -0.1) is 0 Å². The number of para-hydroxylation sites is 1. The Morgan fingerprint density at radius 2 is 1.87 bits per heavy atom. The van der Waals surface area contributed by atoms with E-state index in [1.807, 2.05) is 6.92 Å². The van der Waals surface area contributed by atoms with Gasteiger partial charge in [-0.1, -0.05) is 12.1 Å². The van der Waals surface area contributed by atoms with Gasteiger partial charge in [0.1, 0.15) is 11.6 Å². The predicted molar refractivity (Wildman–Crippen MR) is 86.9 cm³/mol. The lowest BCUT2D eigenvalue weighted by Crippen LogP contribution is -2.14. The molecule has 0 radical (unpaired) electrons. The van der Waals surface area contributed by atoms with Crippen LogP contribution in [0.3, 0.4) is 0 Å². The molecule has 0 bridgehead atoms. The number of hydrogen-bond donors (Lipinski definition) is 5. The molecule has 0 saturated carbocycles. The van der Waals surface area contributed by atoms with Crippen molar-refractivity contribution < 1.29 is 19.8 Å². The molecule has 2 rings (SSSR count). The van der Waals surface area contributed by atoms with Crippen LogP contribution >= 0.6 is 0 Å². The minimum absolute atomic E-state index is 0.0216. The highest BCUT2D eigenvalue weighted by Crippen LogP contribution is 2.20. The van der Waals surface area contributed by atoms with Crippen molar-refractivity contribution >= 4 is 23.9 Å².